The Morgan fingerprint density at radius 3 is 2.05 bits per heavy atom. The summed E-state index contributed by atoms with van der Waals surface area (Å²) >= 11 is 8.32. The molecule has 3 nitrogen and oxygen atoms in total. The second kappa shape index (κ2) is 6.26. The van der Waals surface area contributed by atoms with Crippen LogP contribution >= 0.6 is 43.2 Å². The average Bonchev–Trinajstić information content (AvgIpc) is 2.77. The highest BCUT2D eigenvalue weighted by atomic mass is 79.9. The number of hydrogen-bond donors (Lipinski definition) is 1. The third-order valence-electron chi connectivity index (χ3n) is 2.62. The molecule has 6 heteroatoms. The van der Waals surface area contributed by atoms with Crippen molar-refractivity contribution in [1.82, 2.24) is 0 Å². The Bertz CT molecular complexity index is 542. The number of hydrogen-bond acceptors (Lipinski definition) is 4. The van der Waals surface area contributed by atoms with Crippen molar-refractivity contribution in [3.8, 4) is 11.5 Å². The predicted molar refractivity (Wildman–Crippen MR) is 83.3 cm³/mol. The van der Waals surface area contributed by atoms with Crippen LogP contribution in [0.5, 0.6) is 11.5 Å². The molecule has 2 rings (SSSR count). The molecule has 0 saturated carbocycles. The van der Waals surface area contributed by atoms with Crippen LogP contribution in [-0.4, -0.2) is 19.3 Å². The van der Waals surface area contributed by atoms with Crippen LogP contribution in [0, 0.1) is 0 Å². The number of aliphatic hydroxyl groups is 1. The smallest absolute Gasteiger partial charge is 0.122 e. The lowest BCUT2D eigenvalue weighted by atomic mass is 10.1. The molecule has 102 valence electrons. The van der Waals surface area contributed by atoms with E-state index in [4.69, 9.17) is 9.47 Å². The largest absolute Gasteiger partial charge is 0.497 e. The summed E-state index contributed by atoms with van der Waals surface area (Å²) in [7, 11) is 3.17. The second-order valence-electron chi connectivity index (χ2n) is 3.82. The van der Waals surface area contributed by atoms with Gasteiger partial charge in [-0.15, -0.1) is 11.3 Å². The molecule has 2 aromatic rings. The van der Waals surface area contributed by atoms with E-state index >= 15 is 0 Å². The van der Waals surface area contributed by atoms with Gasteiger partial charge in [0.2, 0.25) is 0 Å². The van der Waals surface area contributed by atoms with Gasteiger partial charge in [0.15, 0.2) is 0 Å². The molecule has 0 bridgehead atoms. The summed E-state index contributed by atoms with van der Waals surface area (Å²) in [4.78, 5) is 0.842. The van der Waals surface area contributed by atoms with Crippen LogP contribution in [0.25, 0.3) is 0 Å². The van der Waals surface area contributed by atoms with Crippen molar-refractivity contribution in [3.05, 3.63) is 43.0 Å². The molecule has 1 atom stereocenters. The molecule has 0 spiro atoms. The van der Waals surface area contributed by atoms with E-state index in [1.807, 2.05) is 6.07 Å². The van der Waals surface area contributed by atoms with Gasteiger partial charge in [-0.25, -0.2) is 0 Å². The predicted octanol–water partition coefficient (Wildman–Crippen LogP) is 4.37. The van der Waals surface area contributed by atoms with Crippen molar-refractivity contribution >= 4 is 43.2 Å². The van der Waals surface area contributed by atoms with E-state index in [9.17, 15) is 5.11 Å². The molecule has 0 aliphatic rings. The van der Waals surface area contributed by atoms with Gasteiger partial charge in [-0.3, -0.25) is 0 Å². The van der Waals surface area contributed by atoms with Crippen molar-refractivity contribution in [2.75, 3.05) is 14.2 Å². The number of halogens is 2. The fraction of sp³-hybridized carbons (Fsp3) is 0.231. The van der Waals surface area contributed by atoms with E-state index in [-0.39, 0.29) is 0 Å². The zero-order valence-electron chi connectivity index (χ0n) is 10.3. The SMILES string of the molecule is COc1cc(OC)cc(C(O)c2cc(Br)c(Br)s2)c1. The first-order valence-electron chi connectivity index (χ1n) is 5.41. The number of rotatable bonds is 4. The first kappa shape index (κ1) is 14.8. The minimum atomic E-state index is -0.711. The summed E-state index contributed by atoms with van der Waals surface area (Å²) in [6, 6.07) is 7.27. The highest BCUT2D eigenvalue weighted by Crippen LogP contribution is 2.38. The van der Waals surface area contributed by atoms with Crippen LogP contribution in [0.1, 0.15) is 16.5 Å². The molecule has 0 aliphatic carbocycles. The molecule has 1 aromatic carbocycles. The van der Waals surface area contributed by atoms with Crippen LogP contribution in [0.3, 0.4) is 0 Å². The summed E-state index contributed by atoms with van der Waals surface area (Å²) in [5, 5.41) is 10.4. The Kier molecular flexibility index (Phi) is 4.89. The molecular formula is C13H12Br2O3S. The summed E-state index contributed by atoms with van der Waals surface area (Å²) in [6.07, 6.45) is -0.711. The fourth-order valence-corrected chi connectivity index (χ4v) is 3.75. The van der Waals surface area contributed by atoms with Gasteiger partial charge in [0.1, 0.15) is 17.6 Å². The number of benzene rings is 1. The van der Waals surface area contributed by atoms with Crippen molar-refractivity contribution < 1.29 is 14.6 Å². The van der Waals surface area contributed by atoms with E-state index in [0.29, 0.717) is 11.5 Å². The van der Waals surface area contributed by atoms with Gasteiger partial charge in [-0.1, -0.05) is 0 Å². The Hall–Kier alpha value is -0.560. The molecule has 0 radical (unpaired) electrons. The van der Waals surface area contributed by atoms with Crippen molar-refractivity contribution in [1.29, 1.82) is 0 Å². The van der Waals surface area contributed by atoms with Gasteiger partial charge in [-0.2, -0.15) is 0 Å². The monoisotopic (exact) mass is 406 g/mol. The van der Waals surface area contributed by atoms with Crippen molar-refractivity contribution in [2.24, 2.45) is 0 Å². The van der Waals surface area contributed by atoms with Gasteiger partial charge in [0.05, 0.1) is 18.0 Å². The standard InChI is InChI=1S/C13H12Br2O3S/c1-17-8-3-7(4-9(5-8)18-2)12(16)11-6-10(14)13(15)19-11/h3-6,12,16H,1-2H3. The Morgan fingerprint density at radius 2 is 1.63 bits per heavy atom. The molecular weight excluding hydrogens is 396 g/mol. The summed E-state index contributed by atoms with van der Waals surface area (Å²) < 4.78 is 12.3. The highest BCUT2D eigenvalue weighted by molar-refractivity contribution is 9.13. The lowest BCUT2D eigenvalue weighted by molar-refractivity contribution is 0.223. The maximum atomic E-state index is 10.4. The number of aliphatic hydroxyl groups excluding tert-OH is 1. The molecule has 1 N–H and O–H groups in total. The molecule has 0 saturated heterocycles. The van der Waals surface area contributed by atoms with Crippen LogP contribution < -0.4 is 9.47 Å². The molecule has 1 aromatic heterocycles. The third kappa shape index (κ3) is 3.31. The Morgan fingerprint density at radius 1 is 1.05 bits per heavy atom. The normalized spacial score (nSPS) is 12.3. The Labute approximate surface area is 132 Å². The van der Waals surface area contributed by atoms with E-state index in [2.05, 4.69) is 31.9 Å². The van der Waals surface area contributed by atoms with Gasteiger partial charge < -0.3 is 14.6 Å². The highest BCUT2D eigenvalue weighted by Gasteiger charge is 2.17. The van der Waals surface area contributed by atoms with Gasteiger partial charge in [-0.05, 0) is 55.6 Å². The quantitative estimate of drug-likeness (QED) is 0.817. The van der Waals surface area contributed by atoms with Gasteiger partial charge >= 0.3 is 0 Å². The summed E-state index contributed by atoms with van der Waals surface area (Å²) in [5.41, 5.74) is 0.734. The zero-order valence-corrected chi connectivity index (χ0v) is 14.3. The van der Waals surface area contributed by atoms with Crippen LogP contribution in [0.2, 0.25) is 0 Å². The number of methoxy groups -OCH3 is 2. The van der Waals surface area contributed by atoms with Crippen LogP contribution in [0.4, 0.5) is 0 Å². The first-order valence-corrected chi connectivity index (χ1v) is 7.81. The van der Waals surface area contributed by atoms with Crippen LogP contribution in [-0.2, 0) is 0 Å². The molecule has 0 aliphatic heterocycles. The lowest BCUT2D eigenvalue weighted by Crippen LogP contribution is -1.99. The second-order valence-corrected chi connectivity index (χ2v) is 7.07. The Balaban J connectivity index is 2.39. The average molecular weight is 408 g/mol. The summed E-state index contributed by atoms with van der Waals surface area (Å²) in [5.74, 6) is 1.31. The maximum absolute atomic E-state index is 10.4. The number of ether oxygens (including phenoxy) is 2. The van der Waals surface area contributed by atoms with Gasteiger partial charge in [0, 0.05) is 15.4 Å². The van der Waals surface area contributed by atoms with Crippen molar-refractivity contribution in [2.45, 2.75) is 6.10 Å². The molecule has 0 fully saturated rings. The minimum Gasteiger partial charge on any atom is -0.497 e. The van der Waals surface area contributed by atoms with E-state index in [1.54, 1.807) is 32.4 Å². The first-order chi connectivity index (χ1) is 9.05. The fourth-order valence-electron chi connectivity index (χ4n) is 1.65. The van der Waals surface area contributed by atoms with E-state index in [1.165, 1.54) is 11.3 Å². The van der Waals surface area contributed by atoms with Crippen molar-refractivity contribution in [3.63, 3.8) is 0 Å². The topological polar surface area (TPSA) is 38.7 Å². The number of thiophene rings is 1. The summed E-state index contributed by atoms with van der Waals surface area (Å²) in [6.45, 7) is 0. The zero-order chi connectivity index (χ0) is 14.0. The van der Waals surface area contributed by atoms with E-state index in [0.717, 1.165) is 18.7 Å². The minimum absolute atomic E-state index is 0.656. The lowest BCUT2D eigenvalue weighted by Gasteiger charge is -2.12. The van der Waals surface area contributed by atoms with Crippen LogP contribution in [0.15, 0.2) is 32.5 Å². The maximum Gasteiger partial charge on any atom is 0.122 e. The third-order valence-corrected chi connectivity index (χ3v) is 5.93. The molecule has 1 heterocycles. The molecule has 0 amide bonds. The molecule has 1 unspecified atom stereocenters. The van der Waals surface area contributed by atoms with Gasteiger partial charge in [0.25, 0.3) is 0 Å². The molecule has 19 heavy (non-hydrogen) atoms. The van der Waals surface area contributed by atoms with E-state index < -0.39 is 6.10 Å².